The lowest BCUT2D eigenvalue weighted by molar-refractivity contribution is -0.136. The monoisotopic (exact) mass is 334 g/mol. The quantitative estimate of drug-likeness (QED) is 0.597. The third-order valence-corrected chi connectivity index (χ3v) is 2.99. The van der Waals surface area contributed by atoms with E-state index in [0.717, 1.165) is 0 Å². The van der Waals surface area contributed by atoms with Crippen molar-refractivity contribution in [2.45, 2.75) is 0 Å². The van der Waals surface area contributed by atoms with Crippen molar-refractivity contribution in [3.8, 4) is 17.2 Å². The molecule has 0 aromatic heterocycles. The molecule has 0 fully saturated rings. The van der Waals surface area contributed by atoms with Crippen molar-refractivity contribution in [3.05, 3.63) is 53.8 Å². The molecular weight excluding hydrogens is 319 g/mol. The van der Waals surface area contributed by atoms with E-state index in [9.17, 15) is 14.0 Å². The number of methoxy groups -OCH3 is 2. The average molecular weight is 334 g/mol. The van der Waals surface area contributed by atoms with Gasteiger partial charge in [0.15, 0.2) is 29.7 Å². The van der Waals surface area contributed by atoms with Crippen LogP contribution >= 0.6 is 0 Å². The van der Waals surface area contributed by atoms with Gasteiger partial charge in [0, 0.05) is 0 Å². The van der Waals surface area contributed by atoms with Crippen molar-refractivity contribution in [2.75, 3.05) is 20.8 Å². The van der Waals surface area contributed by atoms with Crippen molar-refractivity contribution in [3.63, 3.8) is 0 Å². The summed E-state index contributed by atoms with van der Waals surface area (Å²) in [5.41, 5.74) is 0.247. The fourth-order valence-corrected chi connectivity index (χ4v) is 1.85. The molecule has 0 unspecified atom stereocenters. The number of para-hydroxylation sites is 1. The fourth-order valence-electron chi connectivity index (χ4n) is 1.85. The fraction of sp³-hybridized carbons (Fsp3) is 0.176. The second-order valence-corrected chi connectivity index (χ2v) is 4.55. The summed E-state index contributed by atoms with van der Waals surface area (Å²) < 4.78 is 33.2. The SMILES string of the molecule is COC(=O)c1ccc(OC(=O)COc2ccccc2F)c(OC)c1. The van der Waals surface area contributed by atoms with Crippen LogP contribution in [0, 0.1) is 5.82 Å². The number of carbonyl (C=O) groups is 2. The topological polar surface area (TPSA) is 71.1 Å². The minimum Gasteiger partial charge on any atom is -0.493 e. The molecule has 0 N–H and O–H groups in total. The summed E-state index contributed by atoms with van der Waals surface area (Å²) in [6.45, 7) is -0.483. The number of rotatable bonds is 6. The molecule has 0 aliphatic carbocycles. The summed E-state index contributed by atoms with van der Waals surface area (Å²) in [4.78, 5) is 23.3. The van der Waals surface area contributed by atoms with Crippen LogP contribution in [-0.2, 0) is 9.53 Å². The Labute approximate surface area is 137 Å². The van der Waals surface area contributed by atoms with Gasteiger partial charge in [-0.3, -0.25) is 0 Å². The summed E-state index contributed by atoms with van der Waals surface area (Å²) in [6, 6.07) is 9.91. The first kappa shape index (κ1) is 17.3. The van der Waals surface area contributed by atoms with Crippen LogP contribution in [0.3, 0.4) is 0 Å². The lowest BCUT2D eigenvalue weighted by Crippen LogP contribution is -2.18. The molecule has 126 valence electrons. The molecule has 0 heterocycles. The van der Waals surface area contributed by atoms with Crippen LogP contribution in [0.5, 0.6) is 17.2 Å². The highest BCUT2D eigenvalue weighted by Crippen LogP contribution is 2.28. The van der Waals surface area contributed by atoms with Crippen LogP contribution in [0.4, 0.5) is 4.39 Å². The van der Waals surface area contributed by atoms with Gasteiger partial charge in [-0.1, -0.05) is 12.1 Å². The number of ether oxygens (including phenoxy) is 4. The third-order valence-electron chi connectivity index (χ3n) is 2.99. The normalized spacial score (nSPS) is 9.96. The maximum absolute atomic E-state index is 13.4. The molecular formula is C17H15FO6. The zero-order chi connectivity index (χ0) is 17.5. The van der Waals surface area contributed by atoms with Crippen LogP contribution in [0.15, 0.2) is 42.5 Å². The van der Waals surface area contributed by atoms with Crippen molar-refractivity contribution in [1.29, 1.82) is 0 Å². The van der Waals surface area contributed by atoms with Crippen LogP contribution in [0.25, 0.3) is 0 Å². The molecule has 0 spiro atoms. The number of carbonyl (C=O) groups excluding carboxylic acids is 2. The van der Waals surface area contributed by atoms with Gasteiger partial charge in [-0.15, -0.1) is 0 Å². The molecule has 6 nitrogen and oxygen atoms in total. The van der Waals surface area contributed by atoms with E-state index >= 15 is 0 Å². The largest absolute Gasteiger partial charge is 0.493 e. The molecule has 0 atom stereocenters. The third kappa shape index (κ3) is 4.22. The summed E-state index contributed by atoms with van der Waals surface area (Å²) in [5, 5.41) is 0. The van der Waals surface area contributed by atoms with E-state index in [4.69, 9.17) is 14.2 Å². The Morgan fingerprint density at radius 1 is 1.00 bits per heavy atom. The van der Waals surface area contributed by atoms with E-state index in [1.54, 1.807) is 6.07 Å². The molecule has 2 aromatic carbocycles. The molecule has 0 amide bonds. The highest BCUT2D eigenvalue weighted by Gasteiger charge is 2.15. The van der Waals surface area contributed by atoms with E-state index < -0.39 is 24.4 Å². The molecule has 0 radical (unpaired) electrons. The first-order valence-corrected chi connectivity index (χ1v) is 6.89. The van der Waals surface area contributed by atoms with Crippen LogP contribution < -0.4 is 14.2 Å². The molecule has 0 aliphatic heterocycles. The Morgan fingerprint density at radius 2 is 1.75 bits per heavy atom. The van der Waals surface area contributed by atoms with Crippen LogP contribution in [0.2, 0.25) is 0 Å². The maximum atomic E-state index is 13.4. The van der Waals surface area contributed by atoms with Gasteiger partial charge in [0.1, 0.15) is 0 Å². The van der Waals surface area contributed by atoms with Crippen LogP contribution in [-0.4, -0.2) is 32.8 Å². The van der Waals surface area contributed by atoms with Gasteiger partial charge >= 0.3 is 11.9 Å². The predicted molar refractivity (Wildman–Crippen MR) is 81.9 cm³/mol. The molecule has 0 saturated heterocycles. The minimum atomic E-state index is -0.748. The first-order valence-electron chi connectivity index (χ1n) is 6.89. The molecule has 24 heavy (non-hydrogen) atoms. The number of halogens is 1. The van der Waals surface area contributed by atoms with E-state index in [1.165, 1.54) is 50.6 Å². The second kappa shape index (κ2) is 7.96. The number of benzene rings is 2. The van der Waals surface area contributed by atoms with Crippen molar-refractivity contribution >= 4 is 11.9 Å². The van der Waals surface area contributed by atoms with E-state index in [1.807, 2.05) is 0 Å². The summed E-state index contributed by atoms with van der Waals surface area (Å²) in [6.07, 6.45) is 0. The van der Waals surface area contributed by atoms with Gasteiger partial charge < -0.3 is 18.9 Å². The molecule has 0 saturated carbocycles. The number of hydrogen-bond donors (Lipinski definition) is 0. The molecule has 0 aliphatic rings. The van der Waals surface area contributed by atoms with Gasteiger partial charge in [0.05, 0.1) is 19.8 Å². The Kier molecular flexibility index (Phi) is 5.73. The zero-order valence-electron chi connectivity index (χ0n) is 13.1. The predicted octanol–water partition coefficient (Wildman–Crippen LogP) is 2.61. The van der Waals surface area contributed by atoms with Gasteiger partial charge in [-0.25, -0.2) is 14.0 Å². The Morgan fingerprint density at radius 3 is 2.42 bits per heavy atom. The zero-order valence-corrected chi connectivity index (χ0v) is 13.1. The van der Waals surface area contributed by atoms with Gasteiger partial charge in [-0.05, 0) is 30.3 Å². The Hall–Kier alpha value is -3.09. The van der Waals surface area contributed by atoms with E-state index in [0.29, 0.717) is 0 Å². The summed E-state index contributed by atoms with van der Waals surface area (Å²) in [5.74, 6) is -1.64. The molecule has 7 heteroatoms. The van der Waals surface area contributed by atoms with Gasteiger partial charge in [-0.2, -0.15) is 0 Å². The summed E-state index contributed by atoms with van der Waals surface area (Å²) >= 11 is 0. The van der Waals surface area contributed by atoms with Crippen molar-refractivity contribution in [2.24, 2.45) is 0 Å². The highest BCUT2D eigenvalue weighted by atomic mass is 19.1. The Balaban J connectivity index is 2.03. The number of esters is 2. The van der Waals surface area contributed by atoms with Gasteiger partial charge in [0.25, 0.3) is 0 Å². The Bertz CT molecular complexity index is 744. The standard InChI is InChI=1S/C17H15FO6/c1-21-15-9-11(17(20)22-2)7-8-14(15)24-16(19)10-23-13-6-4-3-5-12(13)18/h3-9H,10H2,1-2H3. The van der Waals surface area contributed by atoms with Gasteiger partial charge in [0.2, 0.25) is 0 Å². The maximum Gasteiger partial charge on any atom is 0.349 e. The van der Waals surface area contributed by atoms with Crippen molar-refractivity contribution in [1.82, 2.24) is 0 Å². The van der Waals surface area contributed by atoms with E-state index in [2.05, 4.69) is 4.74 Å². The first-order chi connectivity index (χ1) is 11.5. The van der Waals surface area contributed by atoms with E-state index in [-0.39, 0.29) is 22.8 Å². The van der Waals surface area contributed by atoms with Crippen LogP contribution in [0.1, 0.15) is 10.4 Å². The lowest BCUT2D eigenvalue weighted by atomic mass is 10.2. The second-order valence-electron chi connectivity index (χ2n) is 4.55. The summed E-state index contributed by atoms with van der Waals surface area (Å²) in [7, 11) is 2.62. The molecule has 2 aromatic rings. The average Bonchev–Trinajstić information content (AvgIpc) is 2.60. The lowest BCUT2D eigenvalue weighted by Gasteiger charge is -2.11. The smallest absolute Gasteiger partial charge is 0.349 e. The molecule has 2 rings (SSSR count). The highest BCUT2D eigenvalue weighted by molar-refractivity contribution is 5.90. The van der Waals surface area contributed by atoms with Crippen molar-refractivity contribution < 1.29 is 32.9 Å². The number of hydrogen-bond acceptors (Lipinski definition) is 6. The molecule has 0 bridgehead atoms. The minimum absolute atomic E-state index is 0.0533.